The number of halogens is 1. The number of rotatable bonds is 7. The second-order valence-corrected chi connectivity index (χ2v) is 8.07. The molecule has 9 N–H and O–H groups in total. The first-order valence-electron chi connectivity index (χ1n) is 10.4. The molecular formula is C22H31FN6O3. The monoisotopic (exact) mass is 446 g/mol. The average Bonchev–Trinajstić information content (AvgIpc) is 2.73. The Morgan fingerprint density at radius 2 is 1.84 bits per heavy atom. The lowest BCUT2D eigenvalue weighted by Gasteiger charge is -2.35. The van der Waals surface area contributed by atoms with Gasteiger partial charge < -0.3 is 41.6 Å². The molecule has 3 rings (SSSR count). The summed E-state index contributed by atoms with van der Waals surface area (Å²) in [6.45, 7) is 5.88. The van der Waals surface area contributed by atoms with Crippen LogP contribution in [0.1, 0.15) is 31.1 Å². The van der Waals surface area contributed by atoms with Crippen molar-refractivity contribution >= 4 is 22.8 Å². The van der Waals surface area contributed by atoms with Crippen molar-refractivity contribution in [2.75, 3.05) is 41.8 Å². The standard InChI is InChI=1S/C22H31FN6O3/c1-12(2)20(25)14-10-15(19(30)11-17(14)24)21(26)29(22(27)31)13-3-4-18(16(23)9-13)28-5-7-32-8-6-28/h3-4,9-12,21-22,25,30-31H,5-8,24,26-27H2,1-2H3. The molecule has 0 aromatic heterocycles. The minimum Gasteiger partial charge on any atom is -0.507 e. The number of phenolic OH excluding ortho intramolecular Hbond substituents is 1. The van der Waals surface area contributed by atoms with Crippen LogP contribution in [0.25, 0.3) is 0 Å². The quantitative estimate of drug-likeness (QED) is 0.213. The summed E-state index contributed by atoms with van der Waals surface area (Å²) in [5.74, 6) is -0.818. The first kappa shape index (κ1) is 23.7. The van der Waals surface area contributed by atoms with Crippen LogP contribution in [-0.2, 0) is 4.74 Å². The van der Waals surface area contributed by atoms with Gasteiger partial charge in [-0.2, -0.15) is 0 Å². The minimum absolute atomic E-state index is 0.107. The van der Waals surface area contributed by atoms with E-state index in [0.29, 0.717) is 37.6 Å². The number of nitrogens with one attached hydrogen (secondary N) is 1. The number of ether oxygens (including phenoxy) is 1. The minimum atomic E-state index is -1.58. The molecule has 0 saturated carbocycles. The van der Waals surface area contributed by atoms with Gasteiger partial charge in [-0.1, -0.05) is 13.8 Å². The topological polar surface area (TPSA) is 158 Å². The Balaban J connectivity index is 1.98. The molecule has 2 aromatic carbocycles. The van der Waals surface area contributed by atoms with Gasteiger partial charge in [-0.05, 0) is 30.2 Å². The Morgan fingerprint density at radius 1 is 1.19 bits per heavy atom. The van der Waals surface area contributed by atoms with Gasteiger partial charge in [0.15, 0.2) is 6.35 Å². The number of aliphatic hydroxyl groups is 1. The van der Waals surface area contributed by atoms with Crippen molar-refractivity contribution in [2.45, 2.75) is 26.4 Å². The van der Waals surface area contributed by atoms with Crippen LogP contribution in [0.3, 0.4) is 0 Å². The lowest BCUT2D eigenvalue weighted by Crippen LogP contribution is -2.47. The van der Waals surface area contributed by atoms with E-state index in [1.807, 2.05) is 18.7 Å². The molecule has 0 spiro atoms. The van der Waals surface area contributed by atoms with E-state index in [1.165, 1.54) is 23.1 Å². The van der Waals surface area contributed by atoms with Crippen molar-refractivity contribution in [3.05, 3.63) is 47.3 Å². The van der Waals surface area contributed by atoms with E-state index in [9.17, 15) is 14.6 Å². The zero-order valence-electron chi connectivity index (χ0n) is 18.3. The van der Waals surface area contributed by atoms with Gasteiger partial charge in [0.25, 0.3) is 0 Å². The fourth-order valence-electron chi connectivity index (χ4n) is 3.75. The van der Waals surface area contributed by atoms with Crippen molar-refractivity contribution in [1.29, 1.82) is 5.41 Å². The average molecular weight is 447 g/mol. The number of anilines is 3. The maximum Gasteiger partial charge on any atom is 0.182 e. The van der Waals surface area contributed by atoms with Crippen LogP contribution in [0.15, 0.2) is 30.3 Å². The number of benzene rings is 2. The molecule has 2 unspecified atom stereocenters. The Bertz CT molecular complexity index is 978. The van der Waals surface area contributed by atoms with Crippen LogP contribution < -0.4 is 27.0 Å². The molecule has 0 bridgehead atoms. The number of aliphatic hydroxyl groups excluding tert-OH is 1. The number of nitrogens with two attached hydrogens (primary N) is 3. The number of phenols is 1. The Labute approximate surface area is 186 Å². The fourth-order valence-corrected chi connectivity index (χ4v) is 3.75. The highest BCUT2D eigenvalue weighted by molar-refractivity contribution is 6.04. The summed E-state index contributed by atoms with van der Waals surface area (Å²) in [6, 6.07) is 7.26. The fraction of sp³-hybridized carbons (Fsp3) is 0.409. The molecule has 0 aliphatic carbocycles. The summed E-state index contributed by atoms with van der Waals surface area (Å²) in [4.78, 5) is 3.06. The van der Waals surface area contributed by atoms with Gasteiger partial charge in [-0.25, -0.2) is 4.39 Å². The van der Waals surface area contributed by atoms with Crippen LogP contribution in [0.4, 0.5) is 21.5 Å². The maximum absolute atomic E-state index is 14.9. The van der Waals surface area contributed by atoms with E-state index in [4.69, 9.17) is 27.3 Å². The summed E-state index contributed by atoms with van der Waals surface area (Å²) < 4.78 is 20.3. The smallest absolute Gasteiger partial charge is 0.182 e. The predicted molar refractivity (Wildman–Crippen MR) is 123 cm³/mol. The summed E-state index contributed by atoms with van der Waals surface area (Å²) >= 11 is 0. The van der Waals surface area contributed by atoms with Gasteiger partial charge in [0.05, 0.1) is 18.9 Å². The molecule has 1 heterocycles. The SMILES string of the molecule is CC(C)C(=N)c1cc(C(N)N(c2ccc(N3CCOCC3)c(F)c2)C(N)O)c(O)cc1N. The zero-order chi connectivity index (χ0) is 23.6. The van der Waals surface area contributed by atoms with Gasteiger partial charge in [-0.15, -0.1) is 0 Å². The van der Waals surface area contributed by atoms with Gasteiger partial charge in [0.1, 0.15) is 17.7 Å². The van der Waals surface area contributed by atoms with Crippen LogP contribution in [0.5, 0.6) is 5.75 Å². The number of morpholine rings is 1. The normalized spacial score (nSPS) is 16.2. The van der Waals surface area contributed by atoms with Gasteiger partial charge in [-0.3, -0.25) is 5.73 Å². The van der Waals surface area contributed by atoms with Crippen molar-refractivity contribution < 1.29 is 19.3 Å². The van der Waals surface area contributed by atoms with Gasteiger partial charge in [0.2, 0.25) is 0 Å². The Hall–Kier alpha value is -2.92. The number of hydrogen-bond donors (Lipinski definition) is 6. The predicted octanol–water partition coefficient (Wildman–Crippen LogP) is 1.67. The molecule has 1 saturated heterocycles. The number of nitrogens with zero attached hydrogens (tertiary/aromatic N) is 2. The summed E-state index contributed by atoms with van der Waals surface area (Å²) in [7, 11) is 0. The van der Waals surface area contributed by atoms with Crippen LogP contribution in [0, 0.1) is 17.1 Å². The number of aromatic hydroxyl groups is 1. The third kappa shape index (κ3) is 4.78. The third-order valence-electron chi connectivity index (χ3n) is 5.55. The lowest BCUT2D eigenvalue weighted by molar-refractivity contribution is 0.122. The second-order valence-electron chi connectivity index (χ2n) is 8.07. The van der Waals surface area contributed by atoms with E-state index >= 15 is 0 Å². The molecule has 0 amide bonds. The van der Waals surface area contributed by atoms with E-state index in [-0.39, 0.29) is 34.3 Å². The van der Waals surface area contributed by atoms with Crippen LogP contribution >= 0.6 is 0 Å². The number of hydrogen-bond acceptors (Lipinski definition) is 9. The highest BCUT2D eigenvalue weighted by Crippen LogP contribution is 2.35. The van der Waals surface area contributed by atoms with E-state index in [2.05, 4.69) is 0 Å². The highest BCUT2D eigenvalue weighted by Gasteiger charge is 2.27. The molecule has 9 nitrogen and oxygen atoms in total. The molecule has 0 radical (unpaired) electrons. The van der Waals surface area contributed by atoms with Crippen molar-refractivity contribution in [2.24, 2.45) is 17.4 Å². The first-order valence-corrected chi connectivity index (χ1v) is 10.4. The largest absolute Gasteiger partial charge is 0.507 e. The van der Waals surface area contributed by atoms with Crippen LogP contribution in [0.2, 0.25) is 0 Å². The molecule has 10 heteroatoms. The number of nitrogen functional groups attached to an aromatic ring is 1. The van der Waals surface area contributed by atoms with Crippen molar-refractivity contribution in [3.8, 4) is 5.75 Å². The molecule has 2 aromatic rings. The van der Waals surface area contributed by atoms with E-state index in [1.54, 1.807) is 12.1 Å². The van der Waals surface area contributed by atoms with E-state index in [0.717, 1.165) is 0 Å². The zero-order valence-corrected chi connectivity index (χ0v) is 18.3. The Kier molecular flexibility index (Phi) is 7.19. The highest BCUT2D eigenvalue weighted by atomic mass is 19.1. The molecule has 1 aliphatic rings. The molecule has 1 fully saturated rings. The lowest BCUT2D eigenvalue weighted by atomic mass is 9.95. The summed E-state index contributed by atoms with van der Waals surface area (Å²) in [6.07, 6.45) is -2.72. The van der Waals surface area contributed by atoms with Gasteiger partial charge >= 0.3 is 0 Å². The Morgan fingerprint density at radius 3 is 2.41 bits per heavy atom. The summed E-state index contributed by atoms with van der Waals surface area (Å²) in [5, 5.41) is 29.0. The first-order chi connectivity index (χ1) is 15.1. The second kappa shape index (κ2) is 9.70. The molecule has 174 valence electrons. The van der Waals surface area contributed by atoms with Crippen molar-refractivity contribution in [1.82, 2.24) is 0 Å². The van der Waals surface area contributed by atoms with Crippen LogP contribution in [-0.4, -0.2) is 48.6 Å². The van der Waals surface area contributed by atoms with Crippen molar-refractivity contribution in [3.63, 3.8) is 0 Å². The maximum atomic E-state index is 14.9. The van der Waals surface area contributed by atoms with Gasteiger partial charge in [0, 0.05) is 47.4 Å². The molecular weight excluding hydrogens is 415 g/mol. The molecule has 1 aliphatic heterocycles. The molecule has 32 heavy (non-hydrogen) atoms. The van der Waals surface area contributed by atoms with E-state index < -0.39 is 18.3 Å². The summed E-state index contributed by atoms with van der Waals surface area (Å²) in [5.41, 5.74) is 19.9. The molecule has 2 atom stereocenters. The third-order valence-corrected chi connectivity index (χ3v) is 5.55.